The molecule has 2 aromatic carbocycles. The van der Waals surface area contributed by atoms with Gasteiger partial charge in [-0.05, 0) is 85.1 Å². The van der Waals surface area contributed by atoms with Gasteiger partial charge in [-0.1, -0.05) is 56.3 Å². The third-order valence-electron chi connectivity index (χ3n) is 7.09. The van der Waals surface area contributed by atoms with E-state index in [4.69, 9.17) is 0 Å². The first-order chi connectivity index (χ1) is 13.8. The Kier molecular flexibility index (Phi) is 4.40. The van der Waals surface area contributed by atoms with Crippen LogP contribution in [0.3, 0.4) is 0 Å². The van der Waals surface area contributed by atoms with Crippen LogP contribution in [0.2, 0.25) is 0 Å². The summed E-state index contributed by atoms with van der Waals surface area (Å²) in [5.41, 5.74) is 4.46. The molecule has 0 saturated heterocycles. The second-order valence-electron chi connectivity index (χ2n) is 10.0. The molecule has 5 atom stereocenters. The first-order valence-corrected chi connectivity index (χ1v) is 11.7. The highest BCUT2D eigenvalue weighted by Gasteiger charge is 2.49. The van der Waals surface area contributed by atoms with Gasteiger partial charge in [-0.3, -0.25) is 0 Å². The van der Waals surface area contributed by atoms with Crippen LogP contribution in [0.5, 0.6) is 0 Å². The summed E-state index contributed by atoms with van der Waals surface area (Å²) in [4.78, 5) is 1.48. The van der Waals surface area contributed by atoms with Crippen molar-refractivity contribution in [1.82, 2.24) is 0 Å². The zero-order valence-corrected chi connectivity index (χ0v) is 18.9. The van der Waals surface area contributed by atoms with Gasteiger partial charge in [0.25, 0.3) is 0 Å². The molecule has 2 aliphatic carbocycles. The minimum Gasteiger partial charge on any atom is -0.380 e. The van der Waals surface area contributed by atoms with Gasteiger partial charge >= 0.3 is 0 Å². The van der Waals surface area contributed by atoms with Crippen LogP contribution >= 0.6 is 11.3 Å². The number of hydrogen-bond donors (Lipinski definition) is 1. The second-order valence-corrected chi connectivity index (χ2v) is 11.1. The van der Waals surface area contributed by atoms with Crippen molar-refractivity contribution in [2.24, 2.45) is 17.8 Å². The zero-order valence-electron chi connectivity index (χ0n) is 18.1. The van der Waals surface area contributed by atoms with Gasteiger partial charge in [-0.15, -0.1) is 11.3 Å². The molecule has 0 amide bonds. The highest BCUT2D eigenvalue weighted by Crippen LogP contribution is 2.61. The zero-order chi connectivity index (χ0) is 20.3. The molecule has 2 aliphatic rings. The van der Waals surface area contributed by atoms with Crippen molar-refractivity contribution >= 4 is 33.2 Å². The number of anilines is 1. The third kappa shape index (κ3) is 3.04. The Morgan fingerprint density at radius 1 is 0.862 bits per heavy atom. The monoisotopic (exact) mass is 401 g/mol. The number of thiophene rings is 1. The Hall–Kier alpha value is -2.06. The lowest BCUT2D eigenvalue weighted by Crippen LogP contribution is -2.27. The van der Waals surface area contributed by atoms with E-state index in [1.165, 1.54) is 26.2 Å². The Morgan fingerprint density at radius 3 is 2.34 bits per heavy atom. The van der Waals surface area contributed by atoms with Crippen molar-refractivity contribution in [2.45, 2.75) is 52.0 Å². The van der Waals surface area contributed by atoms with E-state index in [1.807, 2.05) is 11.3 Å². The van der Waals surface area contributed by atoms with Crippen LogP contribution in [-0.2, 0) is 0 Å². The van der Waals surface area contributed by atoms with Gasteiger partial charge in [0, 0.05) is 20.8 Å². The van der Waals surface area contributed by atoms with Gasteiger partial charge in [-0.25, -0.2) is 0 Å². The molecule has 1 nitrogen and oxygen atoms in total. The minimum absolute atomic E-state index is 0.0576. The van der Waals surface area contributed by atoms with Crippen molar-refractivity contribution in [2.75, 3.05) is 5.32 Å². The number of benzene rings is 2. The Morgan fingerprint density at radius 2 is 1.55 bits per heavy atom. The molecule has 0 bridgehead atoms. The largest absolute Gasteiger partial charge is 0.380 e. The van der Waals surface area contributed by atoms with Crippen molar-refractivity contribution in [3.8, 4) is 0 Å². The van der Waals surface area contributed by atoms with E-state index in [2.05, 4.69) is 101 Å². The molecule has 150 valence electrons. The van der Waals surface area contributed by atoms with Crippen LogP contribution < -0.4 is 5.32 Å². The average Bonchev–Trinajstić information content (AvgIpc) is 3.17. The summed E-state index contributed by atoms with van der Waals surface area (Å²) >= 11 is 1.96. The fourth-order valence-corrected chi connectivity index (χ4v) is 6.99. The van der Waals surface area contributed by atoms with E-state index in [1.54, 1.807) is 5.56 Å². The predicted molar refractivity (Wildman–Crippen MR) is 128 cm³/mol. The molecule has 0 radical (unpaired) electrons. The standard InChI is InChI=1S/C27H31NS/c1-16-17(2)25-20(14-15-23-26(25)19-11-7-9-13-22(19)29-23)24(16)18-10-6-8-12-21(18)28-27(3,4)5/h6-17,20,24-25,28H,1-5H3. The lowest BCUT2D eigenvalue weighted by atomic mass is 9.76. The van der Waals surface area contributed by atoms with E-state index >= 15 is 0 Å². The van der Waals surface area contributed by atoms with Crippen molar-refractivity contribution in [3.05, 3.63) is 70.6 Å². The summed E-state index contributed by atoms with van der Waals surface area (Å²) in [6.45, 7) is 11.7. The summed E-state index contributed by atoms with van der Waals surface area (Å²) in [7, 11) is 0. The molecule has 29 heavy (non-hydrogen) atoms. The van der Waals surface area contributed by atoms with Crippen molar-refractivity contribution < 1.29 is 0 Å². The quantitative estimate of drug-likeness (QED) is 0.460. The van der Waals surface area contributed by atoms with Gasteiger partial charge in [0.1, 0.15) is 0 Å². The lowest BCUT2D eigenvalue weighted by Gasteiger charge is -2.31. The number of rotatable bonds is 2. The van der Waals surface area contributed by atoms with Gasteiger partial charge in [0.15, 0.2) is 0 Å². The number of nitrogens with one attached hydrogen (secondary N) is 1. The fraction of sp³-hybridized carbons (Fsp3) is 0.407. The Balaban J connectivity index is 1.63. The van der Waals surface area contributed by atoms with E-state index in [0.29, 0.717) is 29.6 Å². The molecule has 5 unspecified atom stereocenters. The van der Waals surface area contributed by atoms with Crippen molar-refractivity contribution in [1.29, 1.82) is 0 Å². The summed E-state index contributed by atoms with van der Waals surface area (Å²) < 4.78 is 1.43. The first-order valence-electron chi connectivity index (χ1n) is 10.9. The fourth-order valence-electron chi connectivity index (χ4n) is 5.82. The number of para-hydroxylation sites is 1. The highest BCUT2D eigenvalue weighted by atomic mass is 32.1. The molecule has 0 aliphatic heterocycles. The van der Waals surface area contributed by atoms with E-state index in [0.717, 1.165) is 0 Å². The Labute approximate surface area is 178 Å². The number of allylic oxidation sites excluding steroid dienone is 1. The van der Waals surface area contributed by atoms with Gasteiger partial charge < -0.3 is 5.32 Å². The van der Waals surface area contributed by atoms with Crippen LogP contribution in [0, 0.1) is 17.8 Å². The van der Waals surface area contributed by atoms with Gasteiger partial charge in [-0.2, -0.15) is 0 Å². The SMILES string of the molecule is CC1C(C)C2c3c(sc4ccccc34)C=CC2C1c1ccccc1NC(C)(C)C. The summed E-state index contributed by atoms with van der Waals surface area (Å²) in [5.74, 6) is 3.02. The summed E-state index contributed by atoms with van der Waals surface area (Å²) in [5, 5.41) is 5.26. The summed E-state index contributed by atoms with van der Waals surface area (Å²) in [6.07, 6.45) is 4.94. The van der Waals surface area contributed by atoms with Gasteiger partial charge in [0.2, 0.25) is 0 Å². The molecular formula is C27H31NS. The minimum atomic E-state index is 0.0576. The molecule has 3 aromatic rings. The lowest BCUT2D eigenvalue weighted by molar-refractivity contribution is 0.403. The molecule has 5 rings (SSSR count). The van der Waals surface area contributed by atoms with Crippen molar-refractivity contribution in [3.63, 3.8) is 0 Å². The van der Waals surface area contributed by atoms with E-state index in [-0.39, 0.29) is 5.54 Å². The second kappa shape index (κ2) is 6.74. The normalized spacial score (nSPS) is 28.4. The maximum absolute atomic E-state index is 3.78. The molecular weight excluding hydrogens is 370 g/mol. The molecule has 1 fully saturated rings. The smallest absolute Gasteiger partial charge is 0.0379 e. The van der Waals surface area contributed by atoms with Crippen LogP contribution in [0.4, 0.5) is 5.69 Å². The van der Waals surface area contributed by atoms with E-state index < -0.39 is 0 Å². The Bertz CT molecular complexity index is 1080. The number of fused-ring (bicyclic) bond motifs is 5. The molecule has 1 heterocycles. The van der Waals surface area contributed by atoms with Crippen LogP contribution in [0.15, 0.2) is 54.6 Å². The predicted octanol–water partition coefficient (Wildman–Crippen LogP) is 7.91. The highest BCUT2D eigenvalue weighted by molar-refractivity contribution is 7.20. The molecule has 1 aromatic heterocycles. The first kappa shape index (κ1) is 18.9. The third-order valence-corrected chi connectivity index (χ3v) is 8.24. The molecule has 1 saturated carbocycles. The maximum atomic E-state index is 3.78. The van der Waals surface area contributed by atoms with Crippen LogP contribution in [0.1, 0.15) is 62.5 Å². The molecule has 2 heteroatoms. The average molecular weight is 402 g/mol. The maximum Gasteiger partial charge on any atom is 0.0379 e. The van der Waals surface area contributed by atoms with Gasteiger partial charge in [0.05, 0.1) is 0 Å². The van der Waals surface area contributed by atoms with Crippen LogP contribution in [0.25, 0.3) is 16.2 Å². The number of hydrogen-bond acceptors (Lipinski definition) is 2. The molecule has 0 spiro atoms. The summed E-state index contributed by atoms with van der Waals surface area (Å²) in [6, 6.07) is 18.0. The van der Waals surface area contributed by atoms with E-state index in [9.17, 15) is 0 Å². The topological polar surface area (TPSA) is 12.0 Å². The van der Waals surface area contributed by atoms with Crippen LogP contribution in [-0.4, -0.2) is 5.54 Å². The molecule has 1 N–H and O–H groups in total.